The molecule has 1 atom stereocenters. The van der Waals surface area contributed by atoms with Gasteiger partial charge in [0.15, 0.2) is 0 Å². The highest BCUT2D eigenvalue weighted by molar-refractivity contribution is 6.16. The molecule has 0 unspecified atom stereocenters. The first kappa shape index (κ1) is 30.8. The molecule has 9 nitrogen and oxygen atoms in total. The van der Waals surface area contributed by atoms with Gasteiger partial charge in [-0.1, -0.05) is 81.5 Å². The van der Waals surface area contributed by atoms with Crippen LogP contribution in [0, 0.1) is 25.0 Å². The van der Waals surface area contributed by atoms with Gasteiger partial charge in [-0.15, -0.1) is 0 Å². The van der Waals surface area contributed by atoms with Crippen molar-refractivity contribution >= 4 is 17.8 Å². The predicted octanol–water partition coefficient (Wildman–Crippen LogP) is 5.32. The van der Waals surface area contributed by atoms with E-state index in [0.717, 1.165) is 38.6 Å². The molecule has 2 aromatic carbocycles. The minimum atomic E-state index is -1.30. The summed E-state index contributed by atoms with van der Waals surface area (Å²) in [6.07, 6.45) is 6.99. The minimum Gasteiger partial charge on any atom is -0.711 e. The Hall–Kier alpha value is -4.14. The van der Waals surface area contributed by atoms with E-state index in [4.69, 9.17) is 4.74 Å². The summed E-state index contributed by atoms with van der Waals surface area (Å²) < 4.78 is 8.67. The zero-order chi connectivity index (χ0) is 30.4. The quantitative estimate of drug-likeness (QED) is 0.119. The number of imide groups is 2. The molecule has 0 N–H and O–H groups in total. The highest BCUT2D eigenvalue weighted by atomic mass is 16.5. The van der Waals surface area contributed by atoms with Crippen molar-refractivity contribution in [3.63, 3.8) is 0 Å². The maximum Gasteiger partial charge on any atom is 0.332 e. The van der Waals surface area contributed by atoms with Crippen LogP contribution in [0.25, 0.3) is 0 Å². The van der Waals surface area contributed by atoms with Crippen LogP contribution in [0.5, 0.6) is 5.75 Å². The average Bonchev–Trinajstić information content (AvgIpc) is 3.20. The van der Waals surface area contributed by atoms with Crippen LogP contribution in [0.3, 0.4) is 0 Å². The van der Waals surface area contributed by atoms with E-state index in [1.165, 1.54) is 39.8 Å². The fourth-order valence-corrected chi connectivity index (χ4v) is 5.61. The van der Waals surface area contributed by atoms with E-state index >= 15 is 0 Å². The van der Waals surface area contributed by atoms with Gasteiger partial charge < -0.3 is 9.94 Å². The highest BCUT2D eigenvalue weighted by Gasteiger charge is 2.51. The van der Waals surface area contributed by atoms with Gasteiger partial charge in [-0.25, -0.2) is 14.1 Å². The Morgan fingerprint density at radius 2 is 1.45 bits per heavy atom. The summed E-state index contributed by atoms with van der Waals surface area (Å²) in [6.45, 7) is 6.78. The zero-order valence-corrected chi connectivity index (χ0v) is 25.3. The second-order valence-electron chi connectivity index (χ2n) is 11.1. The molecular formula is C33H42N4O5. The molecule has 1 aliphatic rings. The SMILES string of the molecule is CCCCCCCCOc1ccc([C@@H](c2n(Cc3ccccc3)c(C)c(C)[n+]2[O-])C2C(=O)N(C)C(=O)N(C)C2=O)cc1. The van der Waals surface area contributed by atoms with E-state index in [1.807, 2.05) is 66.1 Å². The number of benzene rings is 2. The van der Waals surface area contributed by atoms with Gasteiger partial charge in [-0.05, 0) is 29.7 Å². The topological polar surface area (TPSA) is 98.8 Å². The lowest BCUT2D eigenvalue weighted by atomic mass is 9.82. The van der Waals surface area contributed by atoms with Crippen molar-refractivity contribution in [1.29, 1.82) is 0 Å². The van der Waals surface area contributed by atoms with E-state index in [9.17, 15) is 19.6 Å². The van der Waals surface area contributed by atoms with Crippen molar-refractivity contribution in [2.75, 3.05) is 20.7 Å². The molecule has 3 aromatic rings. The Morgan fingerprint density at radius 1 is 0.857 bits per heavy atom. The Labute approximate surface area is 248 Å². The van der Waals surface area contributed by atoms with Gasteiger partial charge in [0.25, 0.3) is 5.82 Å². The van der Waals surface area contributed by atoms with Crippen LogP contribution in [-0.4, -0.2) is 52.9 Å². The number of urea groups is 1. The Morgan fingerprint density at radius 3 is 2.07 bits per heavy atom. The molecule has 42 heavy (non-hydrogen) atoms. The van der Waals surface area contributed by atoms with Crippen molar-refractivity contribution in [3.8, 4) is 5.75 Å². The van der Waals surface area contributed by atoms with Crippen LogP contribution >= 0.6 is 0 Å². The van der Waals surface area contributed by atoms with Crippen molar-refractivity contribution in [2.45, 2.75) is 71.8 Å². The van der Waals surface area contributed by atoms with Crippen molar-refractivity contribution in [1.82, 2.24) is 14.4 Å². The maximum atomic E-state index is 13.8. The Kier molecular flexibility index (Phi) is 10.0. The van der Waals surface area contributed by atoms with Gasteiger partial charge in [-0.3, -0.25) is 19.4 Å². The number of unbranched alkanes of at least 4 members (excludes halogenated alkanes) is 5. The summed E-state index contributed by atoms with van der Waals surface area (Å²) in [5.41, 5.74) is 2.81. The number of ether oxygens (including phenoxy) is 1. The molecule has 0 spiro atoms. The summed E-state index contributed by atoms with van der Waals surface area (Å²) in [5, 5.41) is 13.8. The summed E-state index contributed by atoms with van der Waals surface area (Å²) in [7, 11) is 2.73. The minimum absolute atomic E-state index is 0.275. The standard InChI is InChI=1S/C33H42N4O5/c1-6-7-8-9-10-14-21-42-27-19-17-26(18-20-27)28(29-31(38)34(4)33(40)35(5)32(29)39)30-36(23(2)24(3)37(30)41)22-25-15-12-11-13-16-25/h11-13,15-20,28-29H,6-10,14,21-22H2,1-5H3/t28-/m1/s1. The smallest absolute Gasteiger partial charge is 0.332 e. The monoisotopic (exact) mass is 574 g/mol. The van der Waals surface area contributed by atoms with E-state index in [1.54, 1.807) is 6.92 Å². The van der Waals surface area contributed by atoms with Gasteiger partial charge in [0.05, 0.1) is 6.61 Å². The molecule has 1 aliphatic heterocycles. The third kappa shape index (κ3) is 6.35. The summed E-state index contributed by atoms with van der Waals surface area (Å²) >= 11 is 0. The molecule has 0 bridgehead atoms. The second-order valence-corrected chi connectivity index (χ2v) is 11.1. The number of hydrogen-bond acceptors (Lipinski definition) is 5. The van der Waals surface area contributed by atoms with Crippen LogP contribution in [0.15, 0.2) is 54.6 Å². The number of barbiturate groups is 1. The third-order valence-electron chi connectivity index (χ3n) is 8.29. The van der Waals surface area contributed by atoms with Crippen LogP contribution in [0.1, 0.15) is 79.7 Å². The van der Waals surface area contributed by atoms with Gasteiger partial charge >= 0.3 is 6.03 Å². The number of rotatable bonds is 13. The molecule has 0 aliphatic carbocycles. The molecule has 9 heteroatoms. The molecule has 0 radical (unpaired) electrons. The number of imidazole rings is 1. The van der Waals surface area contributed by atoms with E-state index in [0.29, 0.717) is 30.2 Å². The molecule has 2 heterocycles. The van der Waals surface area contributed by atoms with E-state index in [2.05, 4.69) is 6.92 Å². The number of amides is 4. The largest absolute Gasteiger partial charge is 0.711 e. The maximum absolute atomic E-state index is 13.8. The predicted molar refractivity (Wildman–Crippen MR) is 160 cm³/mol. The number of hydrogen-bond donors (Lipinski definition) is 0. The summed E-state index contributed by atoms with van der Waals surface area (Å²) in [5.74, 6) is -2.56. The molecule has 1 saturated heterocycles. The van der Waals surface area contributed by atoms with Gasteiger partial charge in [0.1, 0.15) is 35.5 Å². The molecular weight excluding hydrogens is 532 g/mol. The van der Waals surface area contributed by atoms with Crippen molar-refractivity contribution in [3.05, 3.63) is 88.1 Å². The highest BCUT2D eigenvalue weighted by Crippen LogP contribution is 2.37. The van der Waals surface area contributed by atoms with Gasteiger partial charge in [0, 0.05) is 27.9 Å². The average molecular weight is 575 g/mol. The molecule has 1 fully saturated rings. The lowest BCUT2D eigenvalue weighted by Gasteiger charge is -2.36. The molecule has 0 saturated carbocycles. The zero-order valence-electron chi connectivity index (χ0n) is 25.3. The van der Waals surface area contributed by atoms with E-state index in [-0.39, 0.29) is 5.82 Å². The fourth-order valence-electron chi connectivity index (χ4n) is 5.61. The molecule has 4 rings (SSSR count). The van der Waals surface area contributed by atoms with Crippen LogP contribution in [0.4, 0.5) is 4.79 Å². The number of nitrogens with zero attached hydrogens (tertiary/aromatic N) is 4. The van der Waals surface area contributed by atoms with Crippen LogP contribution in [-0.2, 0) is 16.1 Å². The third-order valence-corrected chi connectivity index (χ3v) is 8.29. The van der Waals surface area contributed by atoms with Gasteiger partial charge in [-0.2, -0.15) is 0 Å². The second kappa shape index (κ2) is 13.7. The van der Waals surface area contributed by atoms with Crippen LogP contribution < -0.4 is 9.47 Å². The lowest BCUT2D eigenvalue weighted by Crippen LogP contribution is -2.59. The fraction of sp³-hybridized carbons (Fsp3) is 0.455. The van der Waals surface area contributed by atoms with Crippen LogP contribution in [0.2, 0.25) is 0 Å². The van der Waals surface area contributed by atoms with Crippen molar-refractivity contribution in [2.24, 2.45) is 5.92 Å². The van der Waals surface area contributed by atoms with E-state index < -0.39 is 29.7 Å². The normalized spacial score (nSPS) is 15.0. The van der Waals surface area contributed by atoms with Crippen molar-refractivity contribution < 1.29 is 23.9 Å². The Balaban J connectivity index is 1.72. The lowest BCUT2D eigenvalue weighted by molar-refractivity contribution is -0.621. The number of carbonyl (C=O) groups is 3. The first-order valence-corrected chi connectivity index (χ1v) is 14.8. The number of carbonyl (C=O) groups excluding carboxylic acids is 3. The summed E-state index contributed by atoms with van der Waals surface area (Å²) in [6, 6.07) is 16.3. The number of aromatic nitrogens is 2. The molecule has 224 valence electrons. The Bertz CT molecular complexity index is 1380. The summed E-state index contributed by atoms with van der Waals surface area (Å²) in [4.78, 5) is 41.7. The first-order chi connectivity index (χ1) is 20.2. The first-order valence-electron chi connectivity index (χ1n) is 14.8. The molecule has 4 amide bonds. The van der Waals surface area contributed by atoms with Gasteiger partial charge in [0.2, 0.25) is 11.8 Å². The molecule has 1 aromatic heterocycles.